The third kappa shape index (κ3) is 4.44. The maximum Gasteiger partial charge on any atom is 0.357 e. The summed E-state index contributed by atoms with van der Waals surface area (Å²) < 4.78 is 45.0. The van der Waals surface area contributed by atoms with Crippen molar-refractivity contribution in [1.29, 1.82) is 0 Å². The van der Waals surface area contributed by atoms with Crippen LogP contribution in [-0.4, -0.2) is 29.7 Å². The highest BCUT2D eigenvalue weighted by molar-refractivity contribution is 7.87. The van der Waals surface area contributed by atoms with Crippen molar-refractivity contribution in [3.8, 4) is 5.75 Å². The number of rotatable bonds is 7. The Morgan fingerprint density at radius 2 is 1.88 bits per heavy atom. The lowest BCUT2D eigenvalue weighted by Crippen LogP contribution is -2.18. The van der Waals surface area contributed by atoms with Crippen LogP contribution in [0.1, 0.15) is 31.3 Å². The standard InChI is InChI=1S/C15H17Cl2FN2O4S/c1-9(2)14-15(20(8-18)13(19-14)3-4-21)25(22,23)24-12-6-10(16)5-11(17)7-12/h5-7,9,21H,3-4,8H2,1-2H3. The summed E-state index contributed by atoms with van der Waals surface area (Å²) in [6.07, 6.45) is 0.0160. The zero-order chi connectivity index (χ0) is 18.8. The maximum atomic E-state index is 13.5. The summed E-state index contributed by atoms with van der Waals surface area (Å²) >= 11 is 11.7. The van der Waals surface area contributed by atoms with E-state index in [4.69, 9.17) is 32.5 Å². The minimum absolute atomic E-state index is 0.0160. The number of hydrogen-bond acceptors (Lipinski definition) is 5. The zero-order valence-electron chi connectivity index (χ0n) is 13.5. The molecule has 0 spiro atoms. The zero-order valence-corrected chi connectivity index (χ0v) is 15.9. The van der Waals surface area contributed by atoms with E-state index in [1.807, 2.05) is 0 Å². The molecule has 0 bridgehead atoms. The van der Waals surface area contributed by atoms with Crippen LogP contribution in [0.2, 0.25) is 10.0 Å². The molecule has 0 fully saturated rings. The summed E-state index contributed by atoms with van der Waals surface area (Å²) in [5.74, 6) is -0.274. The number of nitrogens with zero attached hydrogens (tertiary/aromatic N) is 2. The van der Waals surface area contributed by atoms with Gasteiger partial charge in [0.05, 0.1) is 12.3 Å². The molecule has 2 aromatic rings. The van der Waals surface area contributed by atoms with Gasteiger partial charge in [0.2, 0.25) is 0 Å². The molecule has 0 radical (unpaired) electrons. The third-order valence-electron chi connectivity index (χ3n) is 3.31. The van der Waals surface area contributed by atoms with E-state index in [0.29, 0.717) is 0 Å². The van der Waals surface area contributed by atoms with Crippen LogP contribution in [0.4, 0.5) is 4.39 Å². The molecule has 1 aromatic heterocycles. The van der Waals surface area contributed by atoms with E-state index in [-0.39, 0.29) is 51.3 Å². The summed E-state index contributed by atoms with van der Waals surface area (Å²) in [4.78, 5) is 4.16. The van der Waals surface area contributed by atoms with Gasteiger partial charge in [-0.15, -0.1) is 0 Å². The molecule has 0 amide bonds. The number of aliphatic hydroxyl groups is 1. The van der Waals surface area contributed by atoms with Crippen LogP contribution in [0.3, 0.4) is 0 Å². The van der Waals surface area contributed by atoms with E-state index in [1.165, 1.54) is 18.2 Å². The second-order valence-electron chi connectivity index (χ2n) is 5.54. The molecule has 0 aliphatic heterocycles. The molecule has 10 heteroatoms. The van der Waals surface area contributed by atoms with E-state index in [1.54, 1.807) is 13.8 Å². The van der Waals surface area contributed by atoms with E-state index >= 15 is 0 Å². The summed E-state index contributed by atoms with van der Waals surface area (Å²) in [5, 5.41) is 9.10. The first-order valence-corrected chi connectivity index (χ1v) is 9.52. The Balaban J connectivity index is 2.57. The van der Waals surface area contributed by atoms with Crippen molar-refractivity contribution < 1.29 is 22.1 Å². The van der Waals surface area contributed by atoms with Crippen LogP contribution < -0.4 is 4.18 Å². The molecule has 1 aromatic carbocycles. The Morgan fingerprint density at radius 3 is 2.36 bits per heavy atom. The monoisotopic (exact) mass is 410 g/mol. The summed E-state index contributed by atoms with van der Waals surface area (Å²) in [6.45, 7) is 2.04. The predicted octanol–water partition coefficient (Wildman–Crippen LogP) is 3.54. The van der Waals surface area contributed by atoms with Gasteiger partial charge in [-0.25, -0.2) is 9.37 Å². The summed E-state index contributed by atoms with van der Waals surface area (Å²) in [6, 6.07) is 3.99. The molecule has 1 heterocycles. The Hall–Kier alpha value is -1.35. The number of aromatic nitrogens is 2. The van der Waals surface area contributed by atoms with Crippen molar-refractivity contribution in [3.63, 3.8) is 0 Å². The molecule has 1 N–H and O–H groups in total. The van der Waals surface area contributed by atoms with Crippen molar-refractivity contribution in [2.75, 3.05) is 6.61 Å². The van der Waals surface area contributed by atoms with Gasteiger partial charge in [-0.05, 0) is 12.0 Å². The lowest BCUT2D eigenvalue weighted by Gasteiger charge is -2.12. The number of halogens is 3. The lowest BCUT2D eigenvalue weighted by molar-refractivity contribution is 0.285. The van der Waals surface area contributed by atoms with Gasteiger partial charge in [0.1, 0.15) is 11.6 Å². The topological polar surface area (TPSA) is 81.4 Å². The van der Waals surface area contributed by atoms with Crippen molar-refractivity contribution in [2.45, 2.75) is 38.0 Å². The van der Waals surface area contributed by atoms with Gasteiger partial charge in [0, 0.05) is 28.6 Å². The molecule has 0 saturated heterocycles. The van der Waals surface area contributed by atoms with Gasteiger partial charge in [0.25, 0.3) is 0 Å². The first kappa shape index (κ1) is 20.0. The Labute approximate surface area is 155 Å². The molecular weight excluding hydrogens is 394 g/mol. The smallest absolute Gasteiger partial charge is 0.357 e. The molecule has 6 nitrogen and oxygen atoms in total. The molecule has 0 atom stereocenters. The van der Waals surface area contributed by atoms with Gasteiger partial charge in [-0.2, -0.15) is 8.42 Å². The van der Waals surface area contributed by atoms with Crippen LogP contribution >= 0.6 is 23.2 Å². The quantitative estimate of drug-likeness (QED) is 0.705. The Kier molecular flexibility index (Phi) is 6.31. The van der Waals surface area contributed by atoms with E-state index in [0.717, 1.165) is 4.57 Å². The fourth-order valence-electron chi connectivity index (χ4n) is 2.30. The van der Waals surface area contributed by atoms with Crippen molar-refractivity contribution >= 4 is 33.3 Å². The van der Waals surface area contributed by atoms with E-state index in [2.05, 4.69) is 4.98 Å². The number of alkyl halides is 1. The van der Waals surface area contributed by atoms with Crippen molar-refractivity contribution in [3.05, 3.63) is 39.8 Å². The molecule has 0 aliphatic rings. The number of aliphatic hydroxyl groups excluding tert-OH is 1. The number of imidazole rings is 1. The van der Waals surface area contributed by atoms with Crippen LogP contribution in [0.5, 0.6) is 5.75 Å². The average molecular weight is 411 g/mol. The largest absolute Gasteiger partial charge is 0.396 e. The normalized spacial score (nSPS) is 12.0. The second-order valence-corrected chi connectivity index (χ2v) is 7.87. The van der Waals surface area contributed by atoms with Gasteiger partial charge in [-0.3, -0.25) is 4.57 Å². The first-order valence-electron chi connectivity index (χ1n) is 7.36. The summed E-state index contributed by atoms with van der Waals surface area (Å²) in [5.41, 5.74) is 0.161. The highest BCUT2D eigenvalue weighted by atomic mass is 35.5. The molecular formula is C15H17Cl2FN2O4S. The van der Waals surface area contributed by atoms with E-state index < -0.39 is 16.9 Å². The van der Waals surface area contributed by atoms with E-state index in [9.17, 15) is 12.8 Å². The Bertz CT molecular complexity index is 848. The van der Waals surface area contributed by atoms with Gasteiger partial charge in [0.15, 0.2) is 11.8 Å². The average Bonchev–Trinajstić information content (AvgIpc) is 2.85. The molecule has 0 unspecified atom stereocenters. The van der Waals surface area contributed by atoms with Gasteiger partial charge in [-0.1, -0.05) is 37.0 Å². The fraction of sp³-hybridized carbons (Fsp3) is 0.400. The molecule has 0 aliphatic carbocycles. The van der Waals surface area contributed by atoms with Crippen LogP contribution in [0.15, 0.2) is 23.2 Å². The number of benzene rings is 1. The van der Waals surface area contributed by atoms with Gasteiger partial charge < -0.3 is 9.29 Å². The Morgan fingerprint density at radius 1 is 1.28 bits per heavy atom. The molecule has 0 saturated carbocycles. The minimum atomic E-state index is -4.40. The van der Waals surface area contributed by atoms with Crippen LogP contribution in [-0.2, 0) is 23.3 Å². The lowest BCUT2D eigenvalue weighted by atomic mass is 10.1. The molecule has 2 rings (SSSR count). The molecule has 138 valence electrons. The fourth-order valence-corrected chi connectivity index (χ4v) is 4.19. The minimum Gasteiger partial charge on any atom is -0.396 e. The maximum absolute atomic E-state index is 13.5. The predicted molar refractivity (Wildman–Crippen MR) is 92.5 cm³/mol. The van der Waals surface area contributed by atoms with Crippen LogP contribution in [0, 0.1) is 0 Å². The SMILES string of the molecule is CC(C)c1nc(CCO)n(CF)c1S(=O)(=O)Oc1cc(Cl)cc(Cl)c1. The van der Waals surface area contributed by atoms with Crippen molar-refractivity contribution in [1.82, 2.24) is 9.55 Å². The molecule has 25 heavy (non-hydrogen) atoms. The first-order chi connectivity index (χ1) is 11.7. The third-order valence-corrected chi connectivity index (χ3v) is 5.06. The highest BCUT2D eigenvalue weighted by Crippen LogP contribution is 2.30. The van der Waals surface area contributed by atoms with Crippen LogP contribution in [0.25, 0.3) is 0 Å². The van der Waals surface area contributed by atoms with Gasteiger partial charge >= 0.3 is 10.1 Å². The second kappa shape index (κ2) is 7.90. The highest BCUT2D eigenvalue weighted by Gasteiger charge is 2.31. The summed E-state index contributed by atoms with van der Waals surface area (Å²) in [7, 11) is -4.40. The number of hydrogen-bond donors (Lipinski definition) is 1. The van der Waals surface area contributed by atoms with Crippen molar-refractivity contribution in [2.24, 2.45) is 0 Å².